The van der Waals surface area contributed by atoms with E-state index in [1.54, 1.807) is 10.6 Å². The van der Waals surface area contributed by atoms with Gasteiger partial charge in [-0.1, -0.05) is 54.8 Å². The summed E-state index contributed by atoms with van der Waals surface area (Å²) in [4.78, 5) is 26.1. The van der Waals surface area contributed by atoms with E-state index in [4.69, 9.17) is 11.6 Å². The fraction of sp³-hybridized carbons (Fsp3) is 0.300. The normalized spacial score (nSPS) is 15.1. The monoisotopic (exact) mass is 354 g/mol. The predicted molar refractivity (Wildman–Crippen MR) is 101 cm³/mol. The molecular formula is C20H19ClN2O2. The Morgan fingerprint density at radius 3 is 2.40 bits per heavy atom. The predicted octanol–water partition coefficient (Wildman–Crippen LogP) is 3.98. The third-order valence-corrected chi connectivity index (χ3v) is 5.43. The number of halogens is 1. The maximum Gasteiger partial charge on any atom is 0.332 e. The molecule has 2 aromatic carbocycles. The number of hydrogen-bond acceptors (Lipinski definition) is 2. The van der Waals surface area contributed by atoms with E-state index in [1.165, 1.54) is 4.57 Å². The largest absolute Gasteiger partial charge is 0.332 e. The number of aromatic nitrogens is 2. The standard InChI is InChI=1S/C20H19ClN2O2/c21-17-11-5-1-7-14(17)13-22-18-12-6-4-10-16(18)19(24)23(20(22)25)15-8-2-3-9-15/h1,4-7,10-12,15H,2-3,8-9,13H2. The van der Waals surface area contributed by atoms with E-state index in [1.807, 2.05) is 42.5 Å². The van der Waals surface area contributed by atoms with E-state index in [-0.39, 0.29) is 17.3 Å². The van der Waals surface area contributed by atoms with Crippen molar-refractivity contribution in [2.24, 2.45) is 0 Å². The number of para-hydroxylation sites is 1. The summed E-state index contributed by atoms with van der Waals surface area (Å²) in [5.74, 6) is 0. The molecule has 0 unspecified atom stereocenters. The third kappa shape index (κ3) is 2.81. The van der Waals surface area contributed by atoms with Crippen molar-refractivity contribution in [2.75, 3.05) is 0 Å². The van der Waals surface area contributed by atoms with E-state index in [9.17, 15) is 9.59 Å². The van der Waals surface area contributed by atoms with Gasteiger partial charge in [0, 0.05) is 11.1 Å². The number of hydrogen-bond donors (Lipinski definition) is 0. The average molecular weight is 355 g/mol. The van der Waals surface area contributed by atoms with Gasteiger partial charge in [0.1, 0.15) is 0 Å². The van der Waals surface area contributed by atoms with Crippen molar-refractivity contribution in [2.45, 2.75) is 38.3 Å². The molecule has 0 spiro atoms. The zero-order valence-corrected chi connectivity index (χ0v) is 14.6. The van der Waals surface area contributed by atoms with Crippen molar-refractivity contribution in [3.05, 3.63) is 80.0 Å². The van der Waals surface area contributed by atoms with Crippen LogP contribution in [0.4, 0.5) is 0 Å². The lowest BCUT2D eigenvalue weighted by molar-refractivity contribution is 0.466. The van der Waals surface area contributed by atoms with E-state index < -0.39 is 0 Å². The Bertz CT molecular complexity index is 1050. The van der Waals surface area contributed by atoms with Gasteiger partial charge in [-0.15, -0.1) is 0 Å². The molecule has 0 saturated heterocycles. The Hall–Kier alpha value is -2.33. The molecule has 1 aliphatic rings. The van der Waals surface area contributed by atoms with Crippen LogP contribution in [-0.4, -0.2) is 9.13 Å². The zero-order valence-electron chi connectivity index (χ0n) is 13.8. The van der Waals surface area contributed by atoms with Gasteiger partial charge in [0.25, 0.3) is 5.56 Å². The molecule has 1 aliphatic carbocycles. The second kappa shape index (κ2) is 6.52. The summed E-state index contributed by atoms with van der Waals surface area (Å²) in [6, 6.07) is 14.8. The quantitative estimate of drug-likeness (QED) is 0.714. The molecular weight excluding hydrogens is 336 g/mol. The lowest BCUT2D eigenvalue weighted by Gasteiger charge is -2.18. The number of fused-ring (bicyclic) bond motifs is 1. The molecule has 1 fully saturated rings. The van der Waals surface area contributed by atoms with Gasteiger partial charge in [-0.3, -0.25) is 13.9 Å². The summed E-state index contributed by atoms with van der Waals surface area (Å²) in [5, 5.41) is 1.21. The highest BCUT2D eigenvalue weighted by Gasteiger charge is 2.23. The lowest BCUT2D eigenvalue weighted by atomic mass is 10.2. The van der Waals surface area contributed by atoms with Crippen molar-refractivity contribution in [3.63, 3.8) is 0 Å². The molecule has 0 radical (unpaired) electrons. The van der Waals surface area contributed by atoms with Crippen LogP contribution in [-0.2, 0) is 6.54 Å². The first kappa shape index (κ1) is 16.2. The Labute approximate surface area is 150 Å². The first-order valence-electron chi connectivity index (χ1n) is 8.64. The molecule has 0 amide bonds. The van der Waals surface area contributed by atoms with E-state index in [0.717, 1.165) is 31.2 Å². The first-order valence-corrected chi connectivity index (χ1v) is 9.02. The smallest absolute Gasteiger partial charge is 0.289 e. The summed E-state index contributed by atoms with van der Waals surface area (Å²) >= 11 is 6.29. The van der Waals surface area contributed by atoms with Gasteiger partial charge < -0.3 is 0 Å². The Balaban J connectivity index is 1.98. The van der Waals surface area contributed by atoms with Crippen LogP contribution in [0.5, 0.6) is 0 Å². The van der Waals surface area contributed by atoms with Crippen LogP contribution in [0.25, 0.3) is 10.9 Å². The fourth-order valence-corrected chi connectivity index (χ4v) is 3.97. The molecule has 25 heavy (non-hydrogen) atoms. The highest BCUT2D eigenvalue weighted by molar-refractivity contribution is 6.31. The fourth-order valence-electron chi connectivity index (χ4n) is 3.77. The summed E-state index contributed by atoms with van der Waals surface area (Å²) in [5.41, 5.74) is 1.11. The molecule has 1 heterocycles. The molecule has 0 aliphatic heterocycles. The average Bonchev–Trinajstić information content (AvgIpc) is 3.14. The van der Waals surface area contributed by atoms with E-state index in [2.05, 4.69) is 0 Å². The minimum Gasteiger partial charge on any atom is -0.289 e. The van der Waals surface area contributed by atoms with Gasteiger partial charge in [-0.25, -0.2) is 4.79 Å². The van der Waals surface area contributed by atoms with Gasteiger partial charge in [-0.2, -0.15) is 0 Å². The van der Waals surface area contributed by atoms with E-state index in [0.29, 0.717) is 22.5 Å². The summed E-state index contributed by atoms with van der Waals surface area (Å²) in [6.45, 7) is 0.353. The molecule has 5 heteroatoms. The maximum atomic E-state index is 13.2. The van der Waals surface area contributed by atoms with Crippen LogP contribution in [0.1, 0.15) is 37.3 Å². The van der Waals surface area contributed by atoms with Crippen LogP contribution < -0.4 is 11.2 Å². The number of benzene rings is 2. The minimum atomic E-state index is -0.240. The minimum absolute atomic E-state index is 0.00195. The molecule has 128 valence electrons. The highest BCUT2D eigenvalue weighted by Crippen LogP contribution is 2.27. The topological polar surface area (TPSA) is 44.0 Å². The Morgan fingerprint density at radius 2 is 1.64 bits per heavy atom. The summed E-state index contributed by atoms with van der Waals surface area (Å²) < 4.78 is 3.14. The molecule has 1 saturated carbocycles. The van der Waals surface area contributed by atoms with Crippen LogP contribution in [0.3, 0.4) is 0 Å². The van der Waals surface area contributed by atoms with E-state index >= 15 is 0 Å². The van der Waals surface area contributed by atoms with Crippen molar-refractivity contribution >= 4 is 22.5 Å². The van der Waals surface area contributed by atoms with Gasteiger partial charge in [-0.05, 0) is 36.6 Å². The number of nitrogens with zero attached hydrogens (tertiary/aromatic N) is 2. The van der Waals surface area contributed by atoms with Crippen molar-refractivity contribution in [3.8, 4) is 0 Å². The van der Waals surface area contributed by atoms with Crippen LogP contribution in [0.15, 0.2) is 58.1 Å². The molecule has 0 bridgehead atoms. The van der Waals surface area contributed by atoms with Crippen LogP contribution >= 0.6 is 11.6 Å². The summed E-state index contributed by atoms with van der Waals surface area (Å²) in [7, 11) is 0. The SMILES string of the molecule is O=c1c2ccccc2n(Cc2ccccc2Cl)c(=O)n1C1CCCC1. The zero-order chi connectivity index (χ0) is 17.4. The maximum absolute atomic E-state index is 13.2. The molecule has 3 aromatic rings. The van der Waals surface area contributed by atoms with Gasteiger partial charge in [0.15, 0.2) is 0 Å². The molecule has 4 rings (SSSR count). The Morgan fingerprint density at radius 1 is 0.960 bits per heavy atom. The number of rotatable bonds is 3. The first-order chi connectivity index (χ1) is 12.2. The van der Waals surface area contributed by atoms with Crippen molar-refractivity contribution in [1.29, 1.82) is 0 Å². The second-order valence-corrected chi connectivity index (χ2v) is 7.00. The molecule has 4 nitrogen and oxygen atoms in total. The van der Waals surface area contributed by atoms with Crippen molar-refractivity contribution in [1.82, 2.24) is 9.13 Å². The Kier molecular flexibility index (Phi) is 4.22. The van der Waals surface area contributed by atoms with Gasteiger partial charge in [0.05, 0.1) is 17.4 Å². The lowest BCUT2D eigenvalue weighted by Crippen LogP contribution is -2.42. The van der Waals surface area contributed by atoms with Crippen molar-refractivity contribution < 1.29 is 0 Å². The van der Waals surface area contributed by atoms with Gasteiger partial charge >= 0.3 is 5.69 Å². The van der Waals surface area contributed by atoms with Crippen LogP contribution in [0.2, 0.25) is 5.02 Å². The second-order valence-electron chi connectivity index (χ2n) is 6.59. The molecule has 0 N–H and O–H groups in total. The highest BCUT2D eigenvalue weighted by atomic mass is 35.5. The van der Waals surface area contributed by atoms with Gasteiger partial charge in [0.2, 0.25) is 0 Å². The summed E-state index contributed by atoms with van der Waals surface area (Å²) in [6.07, 6.45) is 3.90. The molecule has 1 aromatic heterocycles. The third-order valence-electron chi connectivity index (χ3n) is 5.06. The van der Waals surface area contributed by atoms with Crippen LogP contribution in [0, 0.1) is 0 Å². The molecule has 0 atom stereocenters.